The fourth-order valence-electron chi connectivity index (χ4n) is 6.47. The molecule has 2 aliphatic heterocycles. The predicted octanol–water partition coefficient (Wildman–Crippen LogP) is 4.91. The first-order valence-electron chi connectivity index (χ1n) is 17.5. The maximum atomic E-state index is 15.2. The van der Waals surface area contributed by atoms with Gasteiger partial charge in [-0.1, -0.05) is 12.1 Å². The molecule has 2 aliphatic rings. The normalized spacial score (nSPS) is 13.7. The van der Waals surface area contributed by atoms with E-state index >= 15 is 4.39 Å². The van der Waals surface area contributed by atoms with Crippen molar-refractivity contribution in [3.8, 4) is 11.5 Å². The number of carbonyl (C=O) groups is 2. The van der Waals surface area contributed by atoms with Gasteiger partial charge in [0.1, 0.15) is 53.4 Å². The van der Waals surface area contributed by atoms with Crippen LogP contribution < -0.4 is 9.47 Å². The van der Waals surface area contributed by atoms with Gasteiger partial charge < -0.3 is 19.3 Å². The minimum Gasteiger partial charge on any atom is -0.487 e. The minimum absolute atomic E-state index is 0.138. The Labute approximate surface area is 308 Å². The van der Waals surface area contributed by atoms with Gasteiger partial charge >= 0.3 is 0 Å². The summed E-state index contributed by atoms with van der Waals surface area (Å²) in [5.41, 5.74) is 5.65. The highest BCUT2D eigenvalue weighted by Gasteiger charge is 2.26. The number of ether oxygens (including phenoxy) is 2. The standard InChI is InChI=1S/C39H35F2N9O4/c1-25-18-44-37(20-42-25)39(52)48-10-12-50-33(22-48)16-31(46-50)24-54-35-8-6-26(36(41)17-35)13-29-7-5-27(19-43-29)38(51)47-9-11-49-32(21-47)15-30(45-49)23-53-34-4-2-3-28(40)14-34/h2-8,14-20H,9-13,21-24H2,1H3. The van der Waals surface area contributed by atoms with Gasteiger partial charge in [0.15, 0.2) is 0 Å². The highest BCUT2D eigenvalue weighted by atomic mass is 19.1. The van der Waals surface area contributed by atoms with Gasteiger partial charge in [-0.25, -0.2) is 13.8 Å². The quantitative estimate of drug-likeness (QED) is 0.193. The van der Waals surface area contributed by atoms with Crippen LogP contribution in [0.15, 0.2) is 85.3 Å². The van der Waals surface area contributed by atoms with Crippen LogP contribution in [-0.4, -0.2) is 69.2 Å². The maximum Gasteiger partial charge on any atom is 0.274 e. The lowest BCUT2D eigenvalue weighted by atomic mass is 10.1. The second-order valence-electron chi connectivity index (χ2n) is 13.2. The summed E-state index contributed by atoms with van der Waals surface area (Å²) in [5, 5.41) is 9.16. The molecular weight excluding hydrogens is 696 g/mol. The van der Waals surface area contributed by atoms with Crippen molar-refractivity contribution in [2.24, 2.45) is 0 Å². The van der Waals surface area contributed by atoms with Gasteiger partial charge in [-0.2, -0.15) is 10.2 Å². The molecule has 0 N–H and O–H groups in total. The topological polar surface area (TPSA) is 133 Å². The van der Waals surface area contributed by atoms with Crippen molar-refractivity contribution in [3.63, 3.8) is 0 Å². The largest absolute Gasteiger partial charge is 0.487 e. The fraction of sp³-hybridized carbons (Fsp3) is 0.256. The molecule has 15 heteroatoms. The Morgan fingerprint density at radius 1 is 0.685 bits per heavy atom. The molecule has 13 nitrogen and oxygen atoms in total. The molecule has 0 saturated heterocycles. The van der Waals surface area contributed by atoms with Gasteiger partial charge in [-0.15, -0.1) is 0 Å². The summed E-state index contributed by atoms with van der Waals surface area (Å²) in [6.45, 7) is 4.94. The number of hydrogen-bond donors (Lipinski definition) is 0. The van der Waals surface area contributed by atoms with Crippen LogP contribution in [0.2, 0.25) is 0 Å². The van der Waals surface area contributed by atoms with E-state index in [2.05, 4.69) is 25.1 Å². The molecule has 0 saturated carbocycles. The number of fused-ring (bicyclic) bond motifs is 2. The molecule has 4 aromatic heterocycles. The smallest absolute Gasteiger partial charge is 0.274 e. The zero-order valence-corrected chi connectivity index (χ0v) is 29.4. The first-order valence-corrected chi connectivity index (χ1v) is 17.5. The SMILES string of the molecule is Cc1cnc(C(=O)N2CCn3nc(COc4ccc(Cc5ccc(C(=O)N6CCn7nc(COc8cccc(F)c8)cc7C6)cn5)c(F)c4)cc3C2)cn1. The van der Waals surface area contributed by atoms with Crippen LogP contribution in [0.1, 0.15) is 60.6 Å². The molecular formula is C39H35F2N9O4. The summed E-state index contributed by atoms with van der Waals surface area (Å²) >= 11 is 0. The Morgan fingerprint density at radius 3 is 1.98 bits per heavy atom. The molecule has 0 bridgehead atoms. The van der Waals surface area contributed by atoms with Crippen LogP contribution >= 0.6 is 0 Å². The number of benzene rings is 2. The lowest BCUT2D eigenvalue weighted by Crippen LogP contribution is -2.38. The summed E-state index contributed by atoms with van der Waals surface area (Å²) in [4.78, 5) is 42.5. The lowest BCUT2D eigenvalue weighted by Gasteiger charge is -2.27. The van der Waals surface area contributed by atoms with E-state index in [0.29, 0.717) is 84.7 Å². The number of carbonyl (C=O) groups excluding carboxylic acids is 2. The van der Waals surface area contributed by atoms with Crippen molar-refractivity contribution in [2.75, 3.05) is 13.1 Å². The molecule has 54 heavy (non-hydrogen) atoms. The van der Waals surface area contributed by atoms with E-state index in [-0.39, 0.29) is 37.3 Å². The molecule has 6 heterocycles. The number of pyridine rings is 1. The summed E-state index contributed by atoms with van der Waals surface area (Å²) < 4.78 is 43.9. The molecule has 0 atom stereocenters. The van der Waals surface area contributed by atoms with Gasteiger partial charge in [0.05, 0.1) is 55.0 Å². The predicted molar refractivity (Wildman–Crippen MR) is 189 cm³/mol. The molecule has 2 aromatic carbocycles. The van der Waals surface area contributed by atoms with Crippen LogP contribution in [0.3, 0.4) is 0 Å². The van der Waals surface area contributed by atoms with E-state index in [1.54, 1.807) is 52.4 Å². The third-order valence-corrected chi connectivity index (χ3v) is 9.31. The molecule has 2 amide bonds. The molecule has 0 fully saturated rings. The second-order valence-corrected chi connectivity index (χ2v) is 13.2. The van der Waals surface area contributed by atoms with E-state index in [1.165, 1.54) is 30.6 Å². The van der Waals surface area contributed by atoms with Crippen molar-refractivity contribution >= 4 is 11.8 Å². The molecule has 6 aromatic rings. The van der Waals surface area contributed by atoms with E-state index in [1.807, 2.05) is 28.4 Å². The van der Waals surface area contributed by atoms with E-state index in [4.69, 9.17) is 9.47 Å². The van der Waals surface area contributed by atoms with E-state index in [0.717, 1.165) is 17.1 Å². The van der Waals surface area contributed by atoms with Crippen LogP contribution in [0, 0.1) is 18.6 Å². The Hall–Kier alpha value is -6.51. The third kappa shape index (κ3) is 7.65. The van der Waals surface area contributed by atoms with Crippen LogP contribution in [0.4, 0.5) is 8.78 Å². The fourth-order valence-corrected chi connectivity index (χ4v) is 6.47. The van der Waals surface area contributed by atoms with Crippen molar-refractivity contribution < 1.29 is 27.8 Å². The zero-order chi connectivity index (χ0) is 37.2. The maximum absolute atomic E-state index is 15.2. The number of amides is 2. The van der Waals surface area contributed by atoms with Gasteiger partial charge in [-0.3, -0.25) is 28.9 Å². The first-order chi connectivity index (χ1) is 26.2. The highest BCUT2D eigenvalue weighted by molar-refractivity contribution is 5.94. The van der Waals surface area contributed by atoms with E-state index in [9.17, 15) is 14.0 Å². The Morgan fingerprint density at radius 2 is 1.37 bits per heavy atom. The van der Waals surface area contributed by atoms with Crippen molar-refractivity contribution in [2.45, 2.75) is 52.7 Å². The summed E-state index contributed by atoms with van der Waals surface area (Å²) in [7, 11) is 0. The molecule has 0 spiro atoms. The van der Waals surface area contributed by atoms with Gasteiger partial charge in [0.25, 0.3) is 11.8 Å². The highest BCUT2D eigenvalue weighted by Crippen LogP contribution is 2.23. The third-order valence-electron chi connectivity index (χ3n) is 9.31. The molecule has 274 valence electrons. The molecule has 0 unspecified atom stereocenters. The van der Waals surface area contributed by atoms with Gasteiger partial charge in [-0.05, 0) is 55.0 Å². The van der Waals surface area contributed by atoms with Crippen LogP contribution in [-0.2, 0) is 45.8 Å². The second kappa shape index (κ2) is 14.8. The number of rotatable bonds is 10. The van der Waals surface area contributed by atoms with Crippen LogP contribution in [0.5, 0.6) is 11.5 Å². The lowest BCUT2D eigenvalue weighted by molar-refractivity contribution is 0.0695. The van der Waals surface area contributed by atoms with Crippen LogP contribution in [0.25, 0.3) is 0 Å². The summed E-state index contributed by atoms with van der Waals surface area (Å²) in [5.74, 6) is -0.366. The Balaban J connectivity index is 0.826. The number of nitrogens with zero attached hydrogens (tertiary/aromatic N) is 9. The minimum atomic E-state index is -0.433. The number of aromatic nitrogens is 7. The van der Waals surface area contributed by atoms with Gasteiger partial charge in [0, 0.05) is 49.7 Å². The average molecular weight is 732 g/mol. The summed E-state index contributed by atoms with van der Waals surface area (Å²) in [6.07, 6.45) is 4.82. The Kier molecular flexibility index (Phi) is 9.51. The average Bonchev–Trinajstić information content (AvgIpc) is 3.80. The monoisotopic (exact) mass is 731 g/mol. The first kappa shape index (κ1) is 34.6. The van der Waals surface area contributed by atoms with Crippen molar-refractivity contribution in [3.05, 3.63) is 148 Å². The Bertz CT molecular complexity index is 2330. The van der Waals surface area contributed by atoms with E-state index < -0.39 is 5.82 Å². The number of halogens is 2. The zero-order valence-electron chi connectivity index (χ0n) is 29.4. The number of hydrogen-bond acceptors (Lipinski definition) is 9. The molecule has 0 aliphatic carbocycles. The van der Waals surface area contributed by atoms with Crippen molar-refractivity contribution in [1.82, 2.24) is 44.3 Å². The number of aryl methyl sites for hydroxylation is 1. The molecule has 0 radical (unpaired) electrons. The van der Waals surface area contributed by atoms with Gasteiger partial charge in [0.2, 0.25) is 0 Å². The van der Waals surface area contributed by atoms with Crippen molar-refractivity contribution in [1.29, 1.82) is 0 Å². The summed E-state index contributed by atoms with van der Waals surface area (Å²) in [6, 6.07) is 17.9. The molecule has 8 rings (SSSR count).